The normalized spacial score (nSPS) is 19.7. The van der Waals surface area contributed by atoms with Crippen LogP contribution in [0.15, 0.2) is 46.7 Å². The number of rotatable bonds is 5. The molecular weight excluding hydrogens is 400 g/mol. The van der Waals surface area contributed by atoms with E-state index in [9.17, 15) is 14.4 Å². The summed E-state index contributed by atoms with van der Waals surface area (Å²) in [4.78, 5) is 39.2. The lowest BCUT2D eigenvalue weighted by atomic mass is 10.1. The molecule has 9 heteroatoms. The Morgan fingerprint density at radius 3 is 2.48 bits per heavy atom. The van der Waals surface area contributed by atoms with E-state index < -0.39 is 24.0 Å². The average molecular weight is 422 g/mol. The average Bonchev–Trinajstić information content (AvgIpc) is 3.29. The minimum Gasteiger partial charge on any atom is -0.496 e. The second-order valence-electron chi connectivity index (χ2n) is 7.49. The molecular formula is C22H22N4O5. The highest BCUT2D eigenvalue weighted by Gasteiger charge is 2.54. The zero-order valence-electron chi connectivity index (χ0n) is 17.7. The summed E-state index contributed by atoms with van der Waals surface area (Å²) in [6, 6.07) is 8.56. The van der Waals surface area contributed by atoms with Crippen LogP contribution in [0.2, 0.25) is 0 Å². The number of imide groups is 1. The van der Waals surface area contributed by atoms with Crippen molar-refractivity contribution in [3.63, 3.8) is 0 Å². The van der Waals surface area contributed by atoms with Crippen molar-refractivity contribution in [2.75, 3.05) is 19.1 Å². The standard InChI is InChI=1S/C22H22N4O5/c1-12-5-7-16(9-13(12)2)26-20(27)18-19(21(26)28)25(24-23-18)11-15-10-14(22(29)31-4)6-8-17(15)30-3/h5-10,18-19H,11H2,1-4H3. The van der Waals surface area contributed by atoms with E-state index >= 15 is 0 Å². The summed E-state index contributed by atoms with van der Waals surface area (Å²) in [5.74, 6) is -0.752. The van der Waals surface area contributed by atoms with Crippen LogP contribution in [0.4, 0.5) is 5.69 Å². The molecule has 2 heterocycles. The van der Waals surface area contributed by atoms with Crippen molar-refractivity contribution in [1.82, 2.24) is 5.01 Å². The number of amides is 2. The fourth-order valence-electron chi connectivity index (χ4n) is 3.79. The third-order valence-electron chi connectivity index (χ3n) is 5.64. The van der Waals surface area contributed by atoms with E-state index in [-0.39, 0.29) is 12.5 Å². The Morgan fingerprint density at radius 2 is 1.81 bits per heavy atom. The lowest BCUT2D eigenvalue weighted by molar-refractivity contribution is -0.123. The van der Waals surface area contributed by atoms with Crippen molar-refractivity contribution < 1.29 is 23.9 Å². The Bertz CT molecular complexity index is 1110. The van der Waals surface area contributed by atoms with Gasteiger partial charge in [0.1, 0.15) is 5.75 Å². The van der Waals surface area contributed by atoms with Gasteiger partial charge in [-0.2, -0.15) is 5.11 Å². The summed E-state index contributed by atoms with van der Waals surface area (Å²) in [6.45, 7) is 4.03. The van der Waals surface area contributed by atoms with E-state index in [0.29, 0.717) is 22.6 Å². The molecule has 0 aliphatic carbocycles. The van der Waals surface area contributed by atoms with Crippen molar-refractivity contribution in [2.24, 2.45) is 10.3 Å². The summed E-state index contributed by atoms with van der Waals surface area (Å²) in [5, 5.41) is 9.59. The summed E-state index contributed by atoms with van der Waals surface area (Å²) in [5.41, 5.74) is 3.54. The molecule has 2 atom stereocenters. The summed E-state index contributed by atoms with van der Waals surface area (Å²) < 4.78 is 10.2. The largest absolute Gasteiger partial charge is 0.496 e. The van der Waals surface area contributed by atoms with Gasteiger partial charge in [-0.15, -0.1) is 0 Å². The van der Waals surface area contributed by atoms with E-state index in [1.54, 1.807) is 24.3 Å². The molecule has 2 unspecified atom stereocenters. The van der Waals surface area contributed by atoms with Crippen LogP contribution >= 0.6 is 0 Å². The summed E-state index contributed by atoms with van der Waals surface area (Å²) in [6.07, 6.45) is 0. The molecule has 0 saturated carbocycles. The molecule has 2 aromatic carbocycles. The molecule has 160 valence electrons. The molecule has 0 N–H and O–H groups in total. The van der Waals surface area contributed by atoms with Crippen LogP contribution in [0.25, 0.3) is 0 Å². The van der Waals surface area contributed by atoms with Crippen molar-refractivity contribution in [1.29, 1.82) is 0 Å². The number of hydrogen-bond donors (Lipinski definition) is 0. The minimum atomic E-state index is -0.899. The molecule has 0 radical (unpaired) electrons. The number of hydrogen-bond acceptors (Lipinski definition) is 8. The summed E-state index contributed by atoms with van der Waals surface area (Å²) >= 11 is 0. The second-order valence-corrected chi connectivity index (χ2v) is 7.49. The topological polar surface area (TPSA) is 101 Å². The molecule has 1 fully saturated rings. The molecule has 4 rings (SSSR count). The monoisotopic (exact) mass is 422 g/mol. The number of esters is 1. The molecule has 2 aliphatic rings. The van der Waals surface area contributed by atoms with Crippen LogP contribution in [0, 0.1) is 13.8 Å². The van der Waals surface area contributed by atoms with Gasteiger partial charge in [0, 0.05) is 5.56 Å². The maximum absolute atomic E-state index is 13.2. The predicted octanol–water partition coefficient (Wildman–Crippen LogP) is 2.59. The minimum absolute atomic E-state index is 0.137. The van der Waals surface area contributed by atoms with E-state index in [1.165, 1.54) is 24.1 Å². The molecule has 2 aromatic rings. The van der Waals surface area contributed by atoms with Gasteiger partial charge in [0.25, 0.3) is 11.8 Å². The maximum atomic E-state index is 13.2. The van der Waals surface area contributed by atoms with Crippen molar-refractivity contribution >= 4 is 23.5 Å². The van der Waals surface area contributed by atoms with Crippen LogP contribution in [0.3, 0.4) is 0 Å². The van der Waals surface area contributed by atoms with E-state index in [2.05, 4.69) is 10.3 Å². The van der Waals surface area contributed by atoms with Gasteiger partial charge in [-0.25, -0.2) is 9.69 Å². The van der Waals surface area contributed by atoms with Gasteiger partial charge in [-0.3, -0.25) is 14.6 Å². The third kappa shape index (κ3) is 3.41. The lowest BCUT2D eigenvalue weighted by Crippen LogP contribution is -2.39. The Morgan fingerprint density at radius 1 is 1.03 bits per heavy atom. The molecule has 2 amide bonds. The number of fused-ring (bicyclic) bond motifs is 1. The predicted molar refractivity (Wildman–Crippen MR) is 111 cm³/mol. The zero-order valence-corrected chi connectivity index (χ0v) is 17.7. The third-order valence-corrected chi connectivity index (χ3v) is 5.64. The van der Waals surface area contributed by atoms with Gasteiger partial charge >= 0.3 is 5.97 Å². The number of carbonyl (C=O) groups excluding carboxylic acids is 3. The highest BCUT2D eigenvalue weighted by molar-refractivity contribution is 6.25. The number of anilines is 1. The number of aryl methyl sites for hydroxylation is 2. The quantitative estimate of drug-likeness (QED) is 0.542. The van der Waals surface area contributed by atoms with Gasteiger partial charge in [-0.1, -0.05) is 11.3 Å². The van der Waals surface area contributed by atoms with Crippen LogP contribution < -0.4 is 9.64 Å². The smallest absolute Gasteiger partial charge is 0.337 e. The maximum Gasteiger partial charge on any atom is 0.337 e. The zero-order chi connectivity index (χ0) is 22.3. The molecule has 1 saturated heterocycles. The molecule has 0 spiro atoms. The van der Waals surface area contributed by atoms with Gasteiger partial charge in [-0.05, 0) is 55.3 Å². The van der Waals surface area contributed by atoms with Gasteiger partial charge in [0.15, 0.2) is 12.1 Å². The highest BCUT2D eigenvalue weighted by atomic mass is 16.5. The molecule has 0 aromatic heterocycles. The molecule has 9 nitrogen and oxygen atoms in total. The van der Waals surface area contributed by atoms with E-state index in [0.717, 1.165) is 11.1 Å². The number of benzene rings is 2. The van der Waals surface area contributed by atoms with E-state index in [1.807, 2.05) is 26.0 Å². The fourth-order valence-corrected chi connectivity index (χ4v) is 3.79. The fraction of sp³-hybridized carbons (Fsp3) is 0.318. The second kappa shape index (κ2) is 7.82. The number of methoxy groups -OCH3 is 2. The lowest BCUT2D eigenvalue weighted by Gasteiger charge is -2.22. The Labute approximate surface area is 179 Å². The number of carbonyl (C=O) groups is 3. The first-order chi connectivity index (χ1) is 14.8. The Balaban J connectivity index is 1.63. The summed E-state index contributed by atoms with van der Waals surface area (Å²) in [7, 11) is 2.81. The van der Waals surface area contributed by atoms with Crippen LogP contribution in [0.1, 0.15) is 27.0 Å². The number of ether oxygens (including phenoxy) is 2. The van der Waals surface area contributed by atoms with Crippen molar-refractivity contribution in [2.45, 2.75) is 32.5 Å². The molecule has 0 bridgehead atoms. The van der Waals surface area contributed by atoms with Gasteiger partial charge in [0.05, 0.1) is 32.0 Å². The van der Waals surface area contributed by atoms with Crippen LogP contribution in [-0.2, 0) is 20.9 Å². The van der Waals surface area contributed by atoms with Crippen LogP contribution in [-0.4, -0.2) is 49.1 Å². The molecule has 31 heavy (non-hydrogen) atoms. The van der Waals surface area contributed by atoms with Gasteiger partial charge < -0.3 is 9.47 Å². The van der Waals surface area contributed by atoms with Crippen LogP contribution in [0.5, 0.6) is 5.75 Å². The first kappa shape index (κ1) is 20.5. The number of nitrogens with zero attached hydrogens (tertiary/aromatic N) is 4. The first-order valence-electron chi connectivity index (χ1n) is 9.73. The SMILES string of the molecule is COC(=O)c1ccc(OC)c(CN2N=NC3C(=O)N(c4ccc(C)c(C)c4)C(=O)C32)c1. The first-order valence-corrected chi connectivity index (χ1v) is 9.73. The highest BCUT2D eigenvalue weighted by Crippen LogP contribution is 2.34. The Hall–Kier alpha value is -3.75. The van der Waals surface area contributed by atoms with Crippen molar-refractivity contribution in [3.8, 4) is 5.75 Å². The van der Waals surface area contributed by atoms with E-state index in [4.69, 9.17) is 9.47 Å². The molecule has 2 aliphatic heterocycles. The van der Waals surface area contributed by atoms with Crippen molar-refractivity contribution in [3.05, 3.63) is 58.7 Å². The van der Waals surface area contributed by atoms with Gasteiger partial charge in [0.2, 0.25) is 0 Å². The Kier molecular flexibility index (Phi) is 5.18.